The van der Waals surface area contributed by atoms with Gasteiger partial charge in [-0.3, -0.25) is 4.79 Å². The Labute approximate surface area is 205 Å². The fourth-order valence-electron chi connectivity index (χ4n) is 2.83. The van der Waals surface area contributed by atoms with Gasteiger partial charge in [0.05, 0.1) is 27.9 Å². The van der Waals surface area contributed by atoms with Crippen LogP contribution in [0.2, 0.25) is 10.0 Å². The Kier molecular flexibility index (Phi) is 8.56. The molecule has 166 valence electrons. The van der Waals surface area contributed by atoms with E-state index in [1.165, 1.54) is 6.21 Å². The van der Waals surface area contributed by atoms with Gasteiger partial charge in [-0.25, -0.2) is 5.43 Å². The molecule has 0 saturated heterocycles. The van der Waals surface area contributed by atoms with E-state index in [1.807, 2.05) is 50.2 Å². The Morgan fingerprint density at radius 2 is 1.84 bits per heavy atom. The van der Waals surface area contributed by atoms with Crippen LogP contribution in [0.4, 0.5) is 0 Å². The highest BCUT2D eigenvalue weighted by Crippen LogP contribution is 2.37. The van der Waals surface area contributed by atoms with Gasteiger partial charge in [0.25, 0.3) is 5.91 Å². The second kappa shape index (κ2) is 11.4. The average molecular weight is 536 g/mol. The average Bonchev–Trinajstić information content (AvgIpc) is 2.74. The fraction of sp³-hybridized carbons (Fsp3) is 0.167. The van der Waals surface area contributed by atoms with Gasteiger partial charge >= 0.3 is 0 Å². The van der Waals surface area contributed by atoms with E-state index >= 15 is 0 Å². The van der Waals surface area contributed by atoms with Crippen molar-refractivity contribution < 1.29 is 14.3 Å². The van der Waals surface area contributed by atoms with E-state index in [2.05, 4.69) is 26.5 Å². The van der Waals surface area contributed by atoms with E-state index in [1.54, 1.807) is 18.2 Å². The Morgan fingerprint density at radius 1 is 1.09 bits per heavy atom. The lowest BCUT2D eigenvalue weighted by molar-refractivity contribution is 0.0955. The number of halogens is 3. The molecule has 0 fully saturated rings. The summed E-state index contributed by atoms with van der Waals surface area (Å²) in [6.45, 7) is 4.62. The third-order valence-electron chi connectivity index (χ3n) is 4.38. The summed E-state index contributed by atoms with van der Waals surface area (Å²) < 4.78 is 12.4. The first-order chi connectivity index (χ1) is 15.4. The van der Waals surface area contributed by atoms with E-state index in [0.29, 0.717) is 44.8 Å². The minimum absolute atomic E-state index is 0.358. The Balaban J connectivity index is 1.72. The maximum Gasteiger partial charge on any atom is 0.272 e. The van der Waals surface area contributed by atoms with Crippen molar-refractivity contribution in [1.82, 2.24) is 5.43 Å². The molecule has 0 heterocycles. The van der Waals surface area contributed by atoms with Crippen LogP contribution in [-0.4, -0.2) is 18.7 Å². The molecule has 0 saturated carbocycles. The van der Waals surface area contributed by atoms with Crippen LogP contribution in [0, 0.1) is 6.92 Å². The maximum absolute atomic E-state index is 12.3. The minimum Gasteiger partial charge on any atom is -0.490 e. The van der Waals surface area contributed by atoms with Crippen molar-refractivity contribution in [3.8, 4) is 11.5 Å². The lowest BCUT2D eigenvalue weighted by Gasteiger charge is -2.14. The molecule has 0 aromatic heterocycles. The number of amides is 1. The van der Waals surface area contributed by atoms with Gasteiger partial charge in [0, 0.05) is 5.02 Å². The largest absolute Gasteiger partial charge is 0.490 e. The summed E-state index contributed by atoms with van der Waals surface area (Å²) in [6, 6.07) is 16.3. The number of ether oxygens (including phenoxy) is 2. The van der Waals surface area contributed by atoms with Crippen LogP contribution in [0.1, 0.15) is 34.0 Å². The molecule has 0 aliphatic heterocycles. The third-order valence-corrected chi connectivity index (χ3v) is 5.53. The summed E-state index contributed by atoms with van der Waals surface area (Å²) >= 11 is 15.6. The lowest BCUT2D eigenvalue weighted by Crippen LogP contribution is -2.18. The van der Waals surface area contributed by atoms with Crippen LogP contribution in [0.3, 0.4) is 0 Å². The van der Waals surface area contributed by atoms with Gasteiger partial charge in [0.2, 0.25) is 0 Å². The molecule has 3 aromatic rings. The molecule has 0 unspecified atom stereocenters. The molecule has 0 aliphatic rings. The predicted molar refractivity (Wildman–Crippen MR) is 132 cm³/mol. The molecule has 0 spiro atoms. The molecular weight excluding hydrogens is 515 g/mol. The number of rotatable bonds is 8. The molecule has 0 atom stereocenters. The first-order valence-corrected chi connectivity index (χ1v) is 11.4. The second-order valence-corrected chi connectivity index (χ2v) is 8.56. The Morgan fingerprint density at radius 3 is 2.53 bits per heavy atom. The number of nitrogens with zero attached hydrogens (tertiary/aromatic N) is 1. The number of benzene rings is 3. The molecule has 32 heavy (non-hydrogen) atoms. The quantitative estimate of drug-likeness (QED) is 0.254. The SMILES string of the molecule is CCOc1cc(/C=N\NC(=O)c2ccc(C)cc2Cl)cc(Br)c1OCc1ccc(Cl)cc1. The van der Waals surface area contributed by atoms with Gasteiger partial charge in [-0.1, -0.05) is 41.4 Å². The Hall–Kier alpha value is -2.54. The summed E-state index contributed by atoms with van der Waals surface area (Å²) in [4.78, 5) is 12.3. The van der Waals surface area contributed by atoms with Crippen molar-refractivity contribution in [1.29, 1.82) is 0 Å². The predicted octanol–water partition coefficient (Wildman–Crippen LogP) is 6.81. The van der Waals surface area contributed by atoms with Crippen molar-refractivity contribution >= 4 is 51.3 Å². The first kappa shape index (κ1) is 24.1. The maximum atomic E-state index is 12.3. The van der Waals surface area contributed by atoms with Crippen molar-refractivity contribution in [3.63, 3.8) is 0 Å². The molecule has 0 radical (unpaired) electrons. The van der Waals surface area contributed by atoms with Gasteiger partial charge in [-0.15, -0.1) is 0 Å². The third kappa shape index (κ3) is 6.48. The monoisotopic (exact) mass is 534 g/mol. The van der Waals surface area contributed by atoms with E-state index in [0.717, 1.165) is 16.7 Å². The van der Waals surface area contributed by atoms with Crippen molar-refractivity contribution in [3.05, 3.63) is 91.4 Å². The molecule has 8 heteroatoms. The summed E-state index contributed by atoms with van der Waals surface area (Å²) in [5, 5.41) is 5.09. The van der Waals surface area contributed by atoms with Crippen LogP contribution in [-0.2, 0) is 6.61 Å². The first-order valence-electron chi connectivity index (χ1n) is 9.80. The van der Waals surface area contributed by atoms with Crippen molar-refractivity contribution in [2.24, 2.45) is 5.10 Å². The van der Waals surface area contributed by atoms with Crippen LogP contribution < -0.4 is 14.9 Å². The van der Waals surface area contributed by atoms with Crippen LogP contribution in [0.5, 0.6) is 11.5 Å². The van der Waals surface area contributed by atoms with Gasteiger partial charge < -0.3 is 9.47 Å². The summed E-state index contributed by atoms with van der Waals surface area (Å²) in [5.74, 6) is 0.748. The van der Waals surface area contributed by atoms with E-state index in [-0.39, 0.29) is 0 Å². The van der Waals surface area contributed by atoms with Crippen LogP contribution in [0.15, 0.2) is 64.2 Å². The zero-order valence-electron chi connectivity index (χ0n) is 17.5. The number of hydrazone groups is 1. The van der Waals surface area contributed by atoms with Crippen LogP contribution in [0.25, 0.3) is 0 Å². The topological polar surface area (TPSA) is 59.9 Å². The number of hydrogen-bond donors (Lipinski definition) is 1. The number of hydrogen-bond acceptors (Lipinski definition) is 4. The smallest absolute Gasteiger partial charge is 0.272 e. The van der Waals surface area contributed by atoms with E-state index < -0.39 is 5.91 Å². The molecule has 0 aliphatic carbocycles. The number of carbonyl (C=O) groups is 1. The highest BCUT2D eigenvalue weighted by molar-refractivity contribution is 9.10. The van der Waals surface area contributed by atoms with E-state index in [4.69, 9.17) is 32.7 Å². The zero-order valence-corrected chi connectivity index (χ0v) is 20.6. The minimum atomic E-state index is -0.390. The molecule has 0 bridgehead atoms. The number of carbonyl (C=O) groups excluding carboxylic acids is 1. The second-order valence-electron chi connectivity index (χ2n) is 6.86. The van der Waals surface area contributed by atoms with Crippen LogP contribution >= 0.6 is 39.1 Å². The number of nitrogens with one attached hydrogen (secondary N) is 1. The molecule has 5 nitrogen and oxygen atoms in total. The molecule has 3 aromatic carbocycles. The summed E-state index contributed by atoms with van der Waals surface area (Å²) in [6.07, 6.45) is 1.52. The standard InChI is InChI=1S/C24H21BrCl2N2O3/c1-3-31-22-12-17(13-28-29-24(30)19-9-4-15(2)10-21(19)27)11-20(25)23(22)32-14-16-5-7-18(26)8-6-16/h4-13H,3,14H2,1-2H3,(H,29,30)/b28-13-. The molecule has 1 amide bonds. The Bertz CT molecular complexity index is 1130. The van der Waals surface area contributed by atoms with Gasteiger partial charge in [-0.05, 0) is 82.9 Å². The van der Waals surface area contributed by atoms with Crippen molar-refractivity contribution in [2.45, 2.75) is 20.5 Å². The number of aryl methyl sites for hydroxylation is 1. The van der Waals surface area contributed by atoms with Gasteiger partial charge in [0.1, 0.15) is 6.61 Å². The highest BCUT2D eigenvalue weighted by Gasteiger charge is 2.13. The van der Waals surface area contributed by atoms with E-state index in [9.17, 15) is 4.79 Å². The fourth-order valence-corrected chi connectivity index (χ4v) is 3.85. The summed E-state index contributed by atoms with van der Waals surface area (Å²) in [7, 11) is 0. The molecule has 3 rings (SSSR count). The summed E-state index contributed by atoms with van der Waals surface area (Å²) in [5.41, 5.74) is 5.52. The van der Waals surface area contributed by atoms with Crippen molar-refractivity contribution in [2.75, 3.05) is 6.61 Å². The van der Waals surface area contributed by atoms with Gasteiger partial charge in [0.15, 0.2) is 11.5 Å². The lowest BCUT2D eigenvalue weighted by atomic mass is 10.1. The van der Waals surface area contributed by atoms with Gasteiger partial charge in [-0.2, -0.15) is 5.10 Å². The molecular formula is C24H21BrCl2N2O3. The molecule has 1 N–H and O–H groups in total. The highest BCUT2D eigenvalue weighted by atomic mass is 79.9. The normalized spacial score (nSPS) is 10.9. The zero-order chi connectivity index (χ0) is 23.1.